The smallest absolute Gasteiger partial charge is 0.110 e. The van der Waals surface area contributed by atoms with Gasteiger partial charge in [-0.3, -0.25) is 0 Å². The van der Waals surface area contributed by atoms with E-state index in [1.54, 1.807) is 0 Å². The van der Waals surface area contributed by atoms with Crippen LogP contribution >= 0.6 is 0 Å². The Morgan fingerprint density at radius 1 is 1.44 bits per heavy atom. The first-order valence-corrected chi connectivity index (χ1v) is 5.51. The number of imidazole rings is 1. The van der Waals surface area contributed by atoms with E-state index in [0.29, 0.717) is 0 Å². The minimum absolute atomic E-state index is 0.194. The Bertz CT molecular complexity index is 472. The highest BCUT2D eigenvalue weighted by molar-refractivity contribution is 5.37. The van der Waals surface area contributed by atoms with E-state index in [-0.39, 0.29) is 6.04 Å². The predicted molar refractivity (Wildman–Crippen MR) is 65.7 cm³/mol. The van der Waals surface area contributed by atoms with E-state index in [2.05, 4.69) is 33.8 Å². The summed E-state index contributed by atoms with van der Waals surface area (Å²) in [5, 5.41) is 0. The average Bonchev–Trinajstić information content (AvgIpc) is 2.64. The monoisotopic (exact) mass is 215 g/mol. The summed E-state index contributed by atoms with van der Waals surface area (Å²) >= 11 is 0. The molecule has 0 aliphatic rings. The van der Waals surface area contributed by atoms with Crippen LogP contribution in [0, 0.1) is 6.92 Å². The fourth-order valence-corrected chi connectivity index (χ4v) is 1.86. The van der Waals surface area contributed by atoms with Crippen LogP contribution in [0.25, 0.3) is 5.69 Å². The Morgan fingerprint density at radius 3 is 2.88 bits per heavy atom. The van der Waals surface area contributed by atoms with Crippen LogP contribution in [0.15, 0.2) is 36.7 Å². The maximum Gasteiger partial charge on any atom is 0.110 e. The van der Waals surface area contributed by atoms with Gasteiger partial charge >= 0.3 is 0 Å². The van der Waals surface area contributed by atoms with Crippen LogP contribution in [0.5, 0.6) is 0 Å². The Hall–Kier alpha value is -1.61. The molecule has 3 nitrogen and oxygen atoms in total. The van der Waals surface area contributed by atoms with Gasteiger partial charge in [-0.05, 0) is 38.0 Å². The van der Waals surface area contributed by atoms with Crippen molar-refractivity contribution in [1.82, 2.24) is 9.55 Å². The van der Waals surface area contributed by atoms with Crippen molar-refractivity contribution in [2.75, 3.05) is 0 Å². The lowest BCUT2D eigenvalue weighted by Crippen LogP contribution is -2.17. The third kappa shape index (κ3) is 2.31. The number of benzene rings is 1. The average molecular weight is 215 g/mol. The van der Waals surface area contributed by atoms with Gasteiger partial charge in [0.2, 0.25) is 0 Å². The molecule has 0 bridgehead atoms. The molecule has 84 valence electrons. The Balaban J connectivity index is 2.33. The molecule has 0 radical (unpaired) electrons. The molecule has 0 aliphatic carbocycles. The second-order valence-corrected chi connectivity index (χ2v) is 4.20. The molecule has 2 aromatic rings. The van der Waals surface area contributed by atoms with Gasteiger partial charge in [0, 0.05) is 24.1 Å². The number of aryl methyl sites for hydroxylation is 1. The van der Waals surface area contributed by atoms with E-state index in [1.165, 1.54) is 5.56 Å². The molecular weight excluding hydrogens is 198 g/mol. The predicted octanol–water partition coefficient (Wildman–Crippen LogP) is 2.07. The van der Waals surface area contributed by atoms with E-state index in [4.69, 9.17) is 5.73 Å². The van der Waals surface area contributed by atoms with Crippen molar-refractivity contribution in [2.24, 2.45) is 5.73 Å². The number of aromatic nitrogens is 2. The lowest BCUT2D eigenvalue weighted by Gasteiger charge is -2.09. The molecule has 1 aromatic carbocycles. The molecule has 1 atom stereocenters. The summed E-state index contributed by atoms with van der Waals surface area (Å²) in [5.74, 6) is 0.998. The topological polar surface area (TPSA) is 43.8 Å². The maximum absolute atomic E-state index is 5.80. The van der Waals surface area contributed by atoms with E-state index < -0.39 is 0 Å². The van der Waals surface area contributed by atoms with Crippen molar-refractivity contribution >= 4 is 0 Å². The maximum atomic E-state index is 5.80. The van der Waals surface area contributed by atoms with Crippen LogP contribution in [0.3, 0.4) is 0 Å². The minimum atomic E-state index is 0.194. The Labute approximate surface area is 95.9 Å². The van der Waals surface area contributed by atoms with E-state index in [9.17, 15) is 0 Å². The van der Waals surface area contributed by atoms with Gasteiger partial charge in [0.25, 0.3) is 0 Å². The molecule has 2 N–H and O–H groups in total. The zero-order chi connectivity index (χ0) is 11.5. The summed E-state index contributed by atoms with van der Waals surface area (Å²) in [6.07, 6.45) is 4.69. The van der Waals surface area contributed by atoms with E-state index in [1.807, 2.05) is 26.2 Å². The molecule has 2 rings (SSSR count). The quantitative estimate of drug-likeness (QED) is 0.851. The molecule has 16 heavy (non-hydrogen) atoms. The number of rotatable bonds is 3. The molecule has 0 amide bonds. The van der Waals surface area contributed by atoms with Crippen molar-refractivity contribution in [3.63, 3.8) is 0 Å². The van der Waals surface area contributed by atoms with E-state index >= 15 is 0 Å². The largest absolute Gasteiger partial charge is 0.328 e. The normalized spacial score (nSPS) is 12.7. The number of nitrogens with zero attached hydrogens (tertiary/aromatic N) is 2. The molecular formula is C13H17N3. The van der Waals surface area contributed by atoms with Crippen LogP contribution in [-0.4, -0.2) is 15.6 Å². The molecule has 0 saturated heterocycles. The summed E-state index contributed by atoms with van der Waals surface area (Å²) in [4.78, 5) is 4.22. The second kappa shape index (κ2) is 4.49. The standard InChI is InChI=1S/C13H17N3/c1-10(14)8-12-4-3-5-13(9-12)16-7-6-15-11(16)2/h3-7,9-10H,8,14H2,1-2H3/t10-/m0/s1. The zero-order valence-corrected chi connectivity index (χ0v) is 9.72. The zero-order valence-electron chi connectivity index (χ0n) is 9.72. The summed E-state index contributed by atoms with van der Waals surface area (Å²) in [5.41, 5.74) is 8.21. The summed E-state index contributed by atoms with van der Waals surface area (Å²) in [6.45, 7) is 4.02. The highest BCUT2D eigenvalue weighted by Crippen LogP contribution is 2.13. The number of nitrogens with two attached hydrogens (primary N) is 1. The van der Waals surface area contributed by atoms with Gasteiger partial charge < -0.3 is 10.3 Å². The first-order valence-electron chi connectivity index (χ1n) is 5.51. The minimum Gasteiger partial charge on any atom is -0.328 e. The van der Waals surface area contributed by atoms with Gasteiger partial charge in [-0.25, -0.2) is 4.98 Å². The van der Waals surface area contributed by atoms with Crippen molar-refractivity contribution in [3.05, 3.63) is 48.0 Å². The molecule has 1 aromatic heterocycles. The van der Waals surface area contributed by atoms with Crippen LogP contribution in [0.2, 0.25) is 0 Å². The summed E-state index contributed by atoms with van der Waals surface area (Å²) in [6, 6.07) is 8.61. The number of hydrogen-bond donors (Lipinski definition) is 1. The summed E-state index contributed by atoms with van der Waals surface area (Å²) < 4.78 is 2.07. The molecule has 1 heterocycles. The highest BCUT2D eigenvalue weighted by atomic mass is 15.1. The highest BCUT2D eigenvalue weighted by Gasteiger charge is 2.02. The van der Waals surface area contributed by atoms with Crippen molar-refractivity contribution in [1.29, 1.82) is 0 Å². The van der Waals surface area contributed by atoms with Crippen molar-refractivity contribution in [3.8, 4) is 5.69 Å². The van der Waals surface area contributed by atoms with Crippen LogP contribution in [0.1, 0.15) is 18.3 Å². The van der Waals surface area contributed by atoms with E-state index in [0.717, 1.165) is 17.9 Å². The number of hydrogen-bond acceptors (Lipinski definition) is 2. The van der Waals surface area contributed by atoms with Gasteiger partial charge in [0.05, 0.1) is 0 Å². The molecule has 0 fully saturated rings. The van der Waals surface area contributed by atoms with Gasteiger partial charge in [-0.2, -0.15) is 0 Å². The third-order valence-corrected chi connectivity index (χ3v) is 2.57. The molecule has 0 unspecified atom stereocenters. The Morgan fingerprint density at radius 2 is 2.25 bits per heavy atom. The van der Waals surface area contributed by atoms with Gasteiger partial charge in [-0.15, -0.1) is 0 Å². The van der Waals surface area contributed by atoms with Crippen LogP contribution in [0.4, 0.5) is 0 Å². The van der Waals surface area contributed by atoms with Gasteiger partial charge in [0.1, 0.15) is 5.82 Å². The first-order chi connectivity index (χ1) is 7.66. The lowest BCUT2D eigenvalue weighted by atomic mass is 10.1. The fourth-order valence-electron chi connectivity index (χ4n) is 1.86. The summed E-state index contributed by atoms with van der Waals surface area (Å²) in [7, 11) is 0. The third-order valence-electron chi connectivity index (χ3n) is 2.57. The van der Waals surface area contributed by atoms with Crippen molar-refractivity contribution in [2.45, 2.75) is 26.3 Å². The van der Waals surface area contributed by atoms with Crippen LogP contribution in [-0.2, 0) is 6.42 Å². The van der Waals surface area contributed by atoms with Gasteiger partial charge in [-0.1, -0.05) is 12.1 Å². The molecule has 0 saturated carbocycles. The fraction of sp³-hybridized carbons (Fsp3) is 0.308. The molecule has 3 heteroatoms. The van der Waals surface area contributed by atoms with Crippen LogP contribution < -0.4 is 5.73 Å². The van der Waals surface area contributed by atoms with Crippen molar-refractivity contribution < 1.29 is 0 Å². The lowest BCUT2D eigenvalue weighted by molar-refractivity contribution is 0.737. The first kappa shape index (κ1) is 10.9. The molecule has 0 spiro atoms. The molecule has 0 aliphatic heterocycles. The SMILES string of the molecule is Cc1nccn1-c1cccc(C[C@H](C)N)c1. The Kier molecular flexibility index (Phi) is 3.06. The second-order valence-electron chi connectivity index (χ2n) is 4.20. The van der Waals surface area contributed by atoms with Gasteiger partial charge in [0.15, 0.2) is 0 Å².